The smallest absolute Gasteiger partial charge is 0.181 e. The molecule has 2 aromatic rings. The molecule has 1 atom stereocenters. The van der Waals surface area contributed by atoms with E-state index in [0.717, 1.165) is 6.07 Å². The highest BCUT2D eigenvalue weighted by Gasteiger charge is 2.11. The maximum Gasteiger partial charge on any atom is 0.181 e. The van der Waals surface area contributed by atoms with E-state index in [1.54, 1.807) is 19.1 Å². The Kier molecular flexibility index (Phi) is 3.55. The summed E-state index contributed by atoms with van der Waals surface area (Å²) in [6.07, 6.45) is 0. The lowest BCUT2D eigenvalue weighted by molar-refractivity contribution is 0.510. The van der Waals surface area contributed by atoms with Crippen LogP contribution in [0.4, 0.5) is 18.9 Å². The summed E-state index contributed by atoms with van der Waals surface area (Å²) in [4.78, 5) is 0. The van der Waals surface area contributed by atoms with Gasteiger partial charge in [0, 0.05) is 6.04 Å². The molecular weight excluding hydrogens is 239 g/mol. The summed E-state index contributed by atoms with van der Waals surface area (Å²) in [5, 5.41) is 2.81. The van der Waals surface area contributed by atoms with Crippen LogP contribution in [0.5, 0.6) is 0 Å². The molecule has 0 aliphatic carbocycles. The molecule has 0 spiro atoms. The predicted molar refractivity (Wildman–Crippen MR) is 64.8 cm³/mol. The molecule has 0 heterocycles. The van der Waals surface area contributed by atoms with Gasteiger partial charge in [0.15, 0.2) is 11.6 Å². The van der Waals surface area contributed by atoms with Crippen LogP contribution < -0.4 is 5.32 Å². The molecule has 0 fully saturated rings. The van der Waals surface area contributed by atoms with Gasteiger partial charge in [0.1, 0.15) is 5.82 Å². The fraction of sp³-hybridized carbons (Fsp3) is 0.143. The van der Waals surface area contributed by atoms with Crippen molar-refractivity contribution in [1.82, 2.24) is 0 Å². The maximum atomic E-state index is 13.4. The van der Waals surface area contributed by atoms with Crippen LogP contribution in [0, 0.1) is 17.5 Å². The van der Waals surface area contributed by atoms with Crippen LogP contribution >= 0.6 is 0 Å². The lowest BCUT2D eigenvalue weighted by Crippen LogP contribution is -2.08. The van der Waals surface area contributed by atoms with Gasteiger partial charge < -0.3 is 5.32 Å². The highest BCUT2D eigenvalue weighted by atomic mass is 19.2. The molecule has 0 aliphatic heterocycles. The van der Waals surface area contributed by atoms with Gasteiger partial charge in [-0.25, -0.2) is 13.2 Å². The first-order valence-corrected chi connectivity index (χ1v) is 5.54. The summed E-state index contributed by atoms with van der Waals surface area (Å²) in [6, 6.07) is 9.56. The van der Waals surface area contributed by atoms with Crippen molar-refractivity contribution in [3.05, 3.63) is 65.5 Å². The summed E-state index contributed by atoms with van der Waals surface area (Å²) in [7, 11) is 0. The van der Waals surface area contributed by atoms with Gasteiger partial charge in [-0.05, 0) is 36.8 Å². The van der Waals surface area contributed by atoms with E-state index in [2.05, 4.69) is 5.32 Å². The third-order valence-corrected chi connectivity index (χ3v) is 2.67. The quantitative estimate of drug-likeness (QED) is 0.858. The van der Waals surface area contributed by atoms with Crippen LogP contribution in [0.1, 0.15) is 18.5 Å². The third kappa shape index (κ3) is 2.64. The maximum absolute atomic E-state index is 13.4. The van der Waals surface area contributed by atoms with E-state index < -0.39 is 11.6 Å². The van der Waals surface area contributed by atoms with Gasteiger partial charge in [-0.1, -0.05) is 18.2 Å². The van der Waals surface area contributed by atoms with Crippen molar-refractivity contribution >= 4 is 5.69 Å². The largest absolute Gasteiger partial charge is 0.376 e. The topological polar surface area (TPSA) is 12.0 Å². The van der Waals surface area contributed by atoms with Crippen molar-refractivity contribution in [3.8, 4) is 0 Å². The van der Waals surface area contributed by atoms with Gasteiger partial charge in [-0.2, -0.15) is 0 Å². The summed E-state index contributed by atoms with van der Waals surface area (Å²) in [6.45, 7) is 1.75. The zero-order valence-corrected chi connectivity index (χ0v) is 9.75. The van der Waals surface area contributed by atoms with E-state index in [1.807, 2.05) is 0 Å². The second kappa shape index (κ2) is 5.12. The number of hydrogen-bond donors (Lipinski definition) is 1. The first-order valence-electron chi connectivity index (χ1n) is 5.54. The Bertz CT molecular complexity index is 554. The van der Waals surface area contributed by atoms with E-state index in [1.165, 1.54) is 24.3 Å². The van der Waals surface area contributed by atoms with Crippen molar-refractivity contribution < 1.29 is 13.2 Å². The molecular formula is C14H12F3N. The molecule has 2 rings (SSSR count). The fourth-order valence-corrected chi connectivity index (χ4v) is 1.71. The Morgan fingerprint density at radius 3 is 2.44 bits per heavy atom. The molecule has 0 radical (unpaired) electrons. The van der Waals surface area contributed by atoms with Gasteiger partial charge in [-0.3, -0.25) is 0 Å². The van der Waals surface area contributed by atoms with E-state index >= 15 is 0 Å². The molecule has 1 N–H and O–H groups in total. The molecule has 0 amide bonds. The summed E-state index contributed by atoms with van der Waals surface area (Å²) >= 11 is 0. The van der Waals surface area contributed by atoms with Crippen LogP contribution in [-0.2, 0) is 0 Å². The third-order valence-electron chi connectivity index (χ3n) is 2.67. The fourth-order valence-electron chi connectivity index (χ4n) is 1.71. The Hall–Kier alpha value is -1.97. The summed E-state index contributed by atoms with van der Waals surface area (Å²) in [5.74, 6) is -2.20. The van der Waals surface area contributed by atoms with E-state index in [0.29, 0.717) is 5.56 Å². The molecule has 0 saturated heterocycles. The minimum Gasteiger partial charge on any atom is -0.376 e. The van der Waals surface area contributed by atoms with Gasteiger partial charge in [0.25, 0.3) is 0 Å². The van der Waals surface area contributed by atoms with E-state index in [-0.39, 0.29) is 17.5 Å². The molecule has 0 aromatic heterocycles. The Morgan fingerprint density at radius 2 is 1.72 bits per heavy atom. The van der Waals surface area contributed by atoms with Crippen LogP contribution in [0.15, 0.2) is 42.5 Å². The van der Waals surface area contributed by atoms with E-state index in [9.17, 15) is 13.2 Å². The van der Waals surface area contributed by atoms with Crippen LogP contribution in [-0.4, -0.2) is 0 Å². The zero-order chi connectivity index (χ0) is 13.1. The number of hydrogen-bond acceptors (Lipinski definition) is 1. The number of anilines is 1. The van der Waals surface area contributed by atoms with Crippen LogP contribution in [0.25, 0.3) is 0 Å². The highest BCUT2D eigenvalue weighted by molar-refractivity contribution is 5.47. The minimum atomic E-state index is -0.930. The molecule has 0 aliphatic rings. The van der Waals surface area contributed by atoms with E-state index in [4.69, 9.17) is 0 Å². The Balaban J connectivity index is 2.21. The minimum absolute atomic E-state index is 0.0618. The number of halogens is 3. The molecule has 94 valence electrons. The van der Waals surface area contributed by atoms with Gasteiger partial charge >= 0.3 is 0 Å². The lowest BCUT2D eigenvalue weighted by atomic mass is 10.1. The molecule has 2 aromatic carbocycles. The average Bonchev–Trinajstić information content (AvgIpc) is 2.35. The van der Waals surface area contributed by atoms with Gasteiger partial charge in [0.2, 0.25) is 0 Å². The second-order valence-corrected chi connectivity index (χ2v) is 4.02. The molecule has 4 heteroatoms. The van der Waals surface area contributed by atoms with Crippen LogP contribution in [0.2, 0.25) is 0 Å². The number of nitrogens with one attached hydrogen (secondary N) is 1. The van der Waals surface area contributed by atoms with Crippen LogP contribution in [0.3, 0.4) is 0 Å². The first-order chi connectivity index (χ1) is 8.58. The molecule has 0 saturated carbocycles. The van der Waals surface area contributed by atoms with Gasteiger partial charge in [0.05, 0.1) is 5.69 Å². The first kappa shape index (κ1) is 12.5. The second-order valence-electron chi connectivity index (χ2n) is 4.02. The average molecular weight is 251 g/mol. The SMILES string of the molecule is CC(Nc1cccc(F)c1F)c1cccc(F)c1. The Labute approximate surface area is 103 Å². The molecule has 1 unspecified atom stereocenters. The summed E-state index contributed by atoms with van der Waals surface area (Å²) < 4.78 is 39.5. The van der Waals surface area contributed by atoms with Crippen molar-refractivity contribution in [2.75, 3.05) is 5.32 Å². The molecule has 1 nitrogen and oxygen atoms in total. The van der Waals surface area contributed by atoms with Gasteiger partial charge in [-0.15, -0.1) is 0 Å². The van der Waals surface area contributed by atoms with Crippen molar-refractivity contribution in [3.63, 3.8) is 0 Å². The van der Waals surface area contributed by atoms with Crippen molar-refractivity contribution in [2.24, 2.45) is 0 Å². The normalized spacial score (nSPS) is 12.2. The Morgan fingerprint density at radius 1 is 1.00 bits per heavy atom. The lowest BCUT2D eigenvalue weighted by Gasteiger charge is -2.16. The standard InChI is InChI=1S/C14H12F3N/c1-9(10-4-2-5-11(15)8-10)18-13-7-3-6-12(16)14(13)17/h2-9,18H,1H3. The predicted octanol–water partition coefficient (Wildman–Crippen LogP) is 4.28. The van der Waals surface area contributed by atoms with Crippen molar-refractivity contribution in [2.45, 2.75) is 13.0 Å². The number of benzene rings is 2. The molecule has 0 bridgehead atoms. The zero-order valence-electron chi connectivity index (χ0n) is 9.75. The summed E-state index contributed by atoms with van der Waals surface area (Å²) in [5.41, 5.74) is 0.727. The monoisotopic (exact) mass is 251 g/mol. The van der Waals surface area contributed by atoms with Crippen molar-refractivity contribution in [1.29, 1.82) is 0 Å². The number of rotatable bonds is 3. The molecule has 18 heavy (non-hydrogen) atoms. The highest BCUT2D eigenvalue weighted by Crippen LogP contribution is 2.23.